The number of carbonyl (C=O) groups excluding carboxylic acids is 1. The zero-order chi connectivity index (χ0) is 24.7. The highest BCUT2D eigenvalue weighted by molar-refractivity contribution is 5.91. The minimum atomic E-state index is -0.354. The van der Waals surface area contributed by atoms with E-state index in [1.54, 1.807) is 12.1 Å². The second-order valence-corrected chi connectivity index (χ2v) is 10.1. The van der Waals surface area contributed by atoms with Gasteiger partial charge in [0.2, 0.25) is 0 Å². The maximum Gasteiger partial charge on any atom is 0.343 e. The molecule has 0 bridgehead atoms. The van der Waals surface area contributed by atoms with E-state index >= 15 is 0 Å². The fourth-order valence-electron chi connectivity index (χ4n) is 4.81. The number of ether oxygens (including phenoxy) is 2. The summed E-state index contributed by atoms with van der Waals surface area (Å²) in [4.78, 5) is 12.5. The van der Waals surface area contributed by atoms with Crippen LogP contribution in [0.5, 0.6) is 11.5 Å². The van der Waals surface area contributed by atoms with Gasteiger partial charge in [-0.2, -0.15) is 0 Å². The minimum absolute atomic E-state index is 0.0938. The Balaban J connectivity index is 1.32. The van der Waals surface area contributed by atoms with E-state index in [4.69, 9.17) is 9.47 Å². The molecule has 1 saturated carbocycles. The molecule has 0 radical (unpaired) electrons. The van der Waals surface area contributed by atoms with E-state index in [0.29, 0.717) is 23.8 Å². The topological polar surface area (TPSA) is 55.8 Å². The summed E-state index contributed by atoms with van der Waals surface area (Å²) in [5.74, 6) is 1.71. The van der Waals surface area contributed by atoms with Crippen LogP contribution in [-0.2, 0) is 6.42 Å². The first-order valence-corrected chi connectivity index (χ1v) is 13.9. The van der Waals surface area contributed by atoms with E-state index in [0.717, 1.165) is 50.7 Å². The van der Waals surface area contributed by atoms with E-state index in [2.05, 4.69) is 6.92 Å². The molecular weight excluding hydrogens is 436 g/mol. The van der Waals surface area contributed by atoms with Crippen molar-refractivity contribution in [2.75, 3.05) is 6.61 Å². The molecule has 3 rings (SSSR count). The largest absolute Gasteiger partial charge is 0.494 e. The number of aliphatic hydroxyl groups excluding tert-OH is 1. The van der Waals surface area contributed by atoms with Crippen LogP contribution in [0.2, 0.25) is 0 Å². The molecule has 0 atom stereocenters. The lowest BCUT2D eigenvalue weighted by atomic mass is 9.84. The lowest BCUT2D eigenvalue weighted by Crippen LogP contribution is -2.18. The van der Waals surface area contributed by atoms with Crippen LogP contribution in [0.15, 0.2) is 48.5 Å². The molecule has 1 fully saturated rings. The first-order chi connectivity index (χ1) is 17.1. The number of hydrogen-bond donors (Lipinski definition) is 1. The highest BCUT2D eigenvalue weighted by Gasteiger charge is 2.19. The fraction of sp³-hybridized carbons (Fsp3) is 0.581. The van der Waals surface area contributed by atoms with E-state index < -0.39 is 0 Å². The Kier molecular flexibility index (Phi) is 12.2. The van der Waals surface area contributed by atoms with Gasteiger partial charge in [0, 0.05) is 0 Å². The Morgan fingerprint density at radius 3 is 2.06 bits per heavy atom. The first kappa shape index (κ1) is 27.3. The number of carbonyl (C=O) groups is 1. The Morgan fingerprint density at radius 2 is 1.40 bits per heavy atom. The molecular formula is C31H44O4. The second kappa shape index (κ2) is 15.6. The van der Waals surface area contributed by atoms with Crippen LogP contribution >= 0.6 is 0 Å². The summed E-state index contributed by atoms with van der Waals surface area (Å²) in [5, 5.41) is 9.65. The first-order valence-electron chi connectivity index (χ1n) is 13.9. The molecule has 2 aromatic rings. The molecule has 0 aromatic heterocycles. The van der Waals surface area contributed by atoms with E-state index in [9.17, 15) is 9.90 Å². The number of esters is 1. The van der Waals surface area contributed by atoms with E-state index in [1.165, 1.54) is 50.5 Å². The number of rotatable bonds is 15. The Bertz CT molecular complexity index is 835. The molecule has 4 nitrogen and oxygen atoms in total. The van der Waals surface area contributed by atoms with Gasteiger partial charge in [-0.25, -0.2) is 4.79 Å². The van der Waals surface area contributed by atoms with Crippen molar-refractivity contribution < 1.29 is 19.4 Å². The Morgan fingerprint density at radius 1 is 0.800 bits per heavy atom. The quantitative estimate of drug-likeness (QED) is 0.160. The molecule has 1 N–H and O–H groups in total. The van der Waals surface area contributed by atoms with Crippen molar-refractivity contribution in [3.8, 4) is 11.5 Å². The monoisotopic (exact) mass is 480 g/mol. The molecule has 0 unspecified atom stereocenters. The molecule has 0 amide bonds. The van der Waals surface area contributed by atoms with Crippen molar-refractivity contribution in [3.63, 3.8) is 0 Å². The van der Waals surface area contributed by atoms with Crippen molar-refractivity contribution in [1.29, 1.82) is 0 Å². The normalized spacial score (nSPS) is 17.8. The summed E-state index contributed by atoms with van der Waals surface area (Å²) in [5.41, 5.74) is 1.78. The van der Waals surface area contributed by atoms with Crippen LogP contribution in [0.1, 0.15) is 106 Å². The molecule has 2 aromatic carbocycles. The molecule has 0 spiro atoms. The van der Waals surface area contributed by atoms with Gasteiger partial charge in [0.1, 0.15) is 11.5 Å². The van der Waals surface area contributed by atoms with Crippen LogP contribution in [-0.4, -0.2) is 23.8 Å². The number of benzene rings is 2. The third-order valence-corrected chi connectivity index (χ3v) is 7.15. The number of unbranched alkanes of at least 4 members (excludes halogenated alkanes) is 7. The number of hydrogen-bond acceptors (Lipinski definition) is 4. The lowest BCUT2D eigenvalue weighted by molar-refractivity contribution is 0.0734. The molecule has 0 saturated heterocycles. The number of aryl methyl sites for hydroxylation is 1. The van der Waals surface area contributed by atoms with Crippen molar-refractivity contribution in [3.05, 3.63) is 59.7 Å². The molecule has 1 aliphatic rings. The maximum absolute atomic E-state index is 12.5. The van der Waals surface area contributed by atoms with Gasteiger partial charge in [-0.05, 0) is 92.8 Å². The summed E-state index contributed by atoms with van der Waals surface area (Å²) in [6, 6.07) is 15.0. The Labute approximate surface area is 212 Å². The summed E-state index contributed by atoms with van der Waals surface area (Å²) in [6.45, 7) is 2.96. The zero-order valence-corrected chi connectivity index (χ0v) is 21.6. The highest BCUT2D eigenvalue weighted by atomic mass is 16.5. The smallest absolute Gasteiger partial charge is 0.343 e. The molecule has 4 heteroatoms. The predicted octanol–water partition coefficient (Wildman–Crippen LogP) is 7.91. The third kappa shape index (κ3) is 10.4. The van der Waals surface area contributed by atoms with Crippen LogP contribution in [0.4, 0.5) is 0 Å². The van der Waals surface area contributed by atoms with Gasteiger partial charge in [-0.1, -0.05) is 64.0 Å². The average Bonchev–Trinajstić information content (AvgIpc) is 2.88. The average molecular weight is 481 g/mol. The van der Waals surface area contributed by atoms with Gasteiger partial charge in [0.25, 0.3) is 0 Å². The van der Waals surface area contributed by atoms with Crippen molar-refractivity contribution >= 4 is 5.97 Å². The van der Waals surface area contributed by atoms with Gasteiger partial charge in [-0.3, -0.25) is 0 Å². The minimum Gasteiger partial charge on any atom is -0.494 e. The van der Waals surface area contributed by atoms with Crippen LogP contribution in [0.25, 0.3) is 0 Å². The highest BCUT2D eigenvalue weighted by Crippen LogP contribution is 2.28. The molecule has 1 aliphatic carbocycles. The van der Waals surface area contributed by atoms with Crippen LogP contribution in [0.3, 0.4) is 0 Å². The zero-order valence-electron chi connectivity index (χ0n) is 21.6. The van der Waals surface area contributed by atoms with Crippen LogP contribution in [0, 0.1) is 5.92 Å². The molecule has 0 aliphatic heterocycles. The fourth-order valence-corrected chi connectivity index (χ4v) is 4.81. The summed E-state index contributed by atoms with van der Waals surface area (Å²) in [7, 11) is 0. The molecule has 192 valence electrons. The van der Waals surface area contributed by atoms with Crippen molar-refractivity contribution in [1.82, 2.24) is 0 Å². The van der Waals surface area contributed by atoms with Gasteiger partial charge in [0.15, 0.2) is 0 Å². The van der Waals surface area contributed by atoms with E-state index in [1.807, 2.05) is 36.4 Å². The van der Waals surface area contributed by atoms with Crippen molar-refractivity contribution in [2.45, 2.75) is 103 Å². The number of aliphatic hydroxyl groups is 1. The van der Waals surface area contributed by atoms with Crippen molar-refractivity contribution in [2.24, 2.45) is 5.92 Å². The lowest BCUT2D eigenvalue weighted by Gasteiger charge is -2.25. The summed E-state index contributed by atoms with van der Waals surface area (Å²) < 4.78 is 11.4. The van der Waals surface area contributed by atoms with Gasteiger partial charge in [-0.15, -0.1) is 0 Å². The predicted molar refractivity (Wildman–Crippen MR) is 142 cm³/mol. The van der Waals surface area contributed by atoms with Crippen LogP contribution < -0.4 is 9.47 Å². The maximum atomic E-state index is 12.5. The van der Waals surface area contributed by atoms with Gasteiger partial charge >= 0.3 is 5.97 Å². The standard InChI is InChI=1S/C31H44O4/c1-2-3-4-5-6-7-8-9-24-34-29-22-16-27(17-23-29)31(33)35-30-20-14-26(15-21-30)11-10-25-12-18-28(32)19-13-25/h14-17,20-23,25,28,32H,2-13,18-19,24H2,1H3. The third-order valence-electron chi connectivity index (χ3n) is 7.15. The molecule has 0 heterocycles. The van der Waals surface area contributed by atoms with E-state index in [-0.39, 0.29) is 12.1 Å². The SMILES string of the molecule is CCCCCCCCCCOc1ccc(C(=O)Oc2ccc(CCC3CCC(O)CC3)cc2)cc1. The van der Waals surface area contributed by atoms with Gasteiger partial charge < -0.3 is 14.6 Å². The second-order valence-electron chi connectivity index (χ2n) is 10.1. The molecule has 35 heavy (non-hydrogen) atoms. The van der Waals surface area contributed by atoms with Gasteiger partial charge in [0.05, 0.1) is 18.3 Å². The summed E-state index contributed by atoms with van der Waals surface area (Å²) >= 11 is 0. The Hall–Kier alpha value is -2.33. The summed E-state index contributed by atoms with van der Waals surface area (Å²) in [6.07, 6.45) is 16.5.